The van der Waals surface area contributed by atoms with Gasteiger partial charge in [0.15, 0.2) is 0 Å². The molecule has 21 heavy (non-hydrogen) atoms. The summed E-state index contributed by atoms with van der Waals surface area (Å²) < 4.78 is 18.9. The molecule has 0 aromatic heterocycles. The monoisotopic (exact) mass is 287 g/mol. The Morgan fingerprint density at radius 3 is 2.62 bits per heavy atom. The molecule has 0 spiro atoms. The minimum Gasteiger partial charge on any atom is -0.494 e. The van der Waals surface area contributed by atoms with Crippen LogP contribution in [0.3, 0.4) is 0 Å². The van der Waals surface area contributed by atoms with Crippen molar-refractivity contribution in [3.8, 4) is 5.75 Å². The molecule has 0 amide bonds. The highest BCUT2D eigenvalue weighted by Gasteiger charge is 2.16. The maximum Gasteiger partial charge on any atom is 0.123 e. The lowest BCUT2D eigenvalue weighted by atomic mass is 9.94. The maximum absolute atomic E-state index is 13.3. The average Bonchev–Trinajstić information content (AvgIpc) is 2.46. The molecule has 0 aliphatic rings. The summed E-state index contributed by atoms with van der Waals surface area (Å²) in [6.07, 6.45) is 0. The molecule has 1 atom stereocenters. The molecule has 0 saturated carbocycles. The van der Waals surface area contributed by atoms with Crippen LogP contribution in [0, 0.1) is 12.7 Å². The maximum atomic E-state index is 13.3. The average molecular weight is 287 g/mol. The van der Waals surface area contributed by atoms with Gasteiger partial charge < -0.3 is 10.1 Å². The lowest BCUT2D eigenvalue weighted by Crippen LogP contribution is -2.22. The summed E-state index contributed by atoms with van der Waals surface area (Å²) in [6, 6.07) is 13.0. The summed E-state index contributed by atoms with van der Waals surface area (Å²) in [4.78, 5) is 0. The summed E-state index contributed by atoms with van der Waals surface area (Å²) in [6.45, 7) is 7.46. The molecule has 0 bridgehead atoms. The van der Waals surface area contributed by atoms with Gasteiger partial charge in [-0.25, -0.2) is 4.39 Å². The van der Waals surface area contributed by atoms with Crippen molar-refractivity contribution >= 4 is 0 Å². The minimum absolute atomic E-state index is 0.0380. The molecular formula is C18H22FNO. The molecule has 0 aliphatic carbocycles. The van der Waals surface area contributed by atoms with Gasteiger partial charge in [0.1, 0.15) is 11.6 Å². The van der Waals surface area contributed by atoms with Crippen LogP contribution in [0.1, 0.15) is 36.6 Å². The second-order valence-electron chi connectivity index (χ2n) is 5.00. The number of rotatable bonds is 6. The van der Waals surface area contributed by atoms with E-state index in [2.05, 4.69) is 18.3 Å². The molecule has 0 heterocycles. The standard InChI is InChI=1S/C18H22FNO/c1-4-20-18(17-10-9-15(19)11-13(17)3)14-7-6-8-16(12-14)21-5-2/h6-12,18,20H,4-5H2,1-3H3. The topological polar surface area (TPSA) is 21.3 Å². The van der Waals surface area contributed by atoms with E-state index in [0.717, 1.165) is 29.0 Å². The highest BCUT2D eigenvalue weighted by molar-refractivity contribution is 5.40. The van der Waals surface area contributed by atoms with Crippen LogP contribution in [-0.2, 0) is 0 Å². The lowest BCUT2D eigenvalue weighted by Gasteiger charge is -2.21. The zero-order valence-corrected chi connectivity index (χ0v) is 12.8. The number of benzene rings is 2. The third-order valence-electron chi connectivity index (χ3n) is 3.45. The van der Waals surface area contributed by atoms with Gasteiger partial charge in [-0.15, -0.1) is 0 Å². The molecule has 0 radical (unpaired) electrons. The van der Waals surface area contributed by atoms with Gasteiger partial charge in [-0.3, -0.25) is 0 Å². The van der Waals surface area contributed by atoms with Crippen LogP contribution in [0.15, 0.2) is 42.5 Å². The fourth-order valence-corrected chi connectivity index (χ4v) is 2.53. The van der Waals surface area contributed by atoms with Crippen molar-refractivity contribution in [1.29, 1.82) is 0 Å². The predicted molar refractivity (Wildman–Crippen MR) is 84.3 cm³/mol. The van der Waals surface area contributed by atoms with Gasteiger partial charge >= 0.3 is 0 Å². The van der Waals surface area contributed by atoms with Gasteiger partial charge in [0.25, 0.3) is 0 Å². The first kappa shape index (κ1) is 15.5. The number of aryl methyl sites for hydroxylation is 1. The zero-order valence-electron chi connectivity index (χ0n) is 12.8. The van der Waals surface area contributed by atoms with Crippen LogP contribution in [0.4, 0.5) is 4.39 Å². The summed E-state index contributed by atoms with van der Waals surface area (Å²) in [5.74, 6) is 0.659. The van der Waals surface area contributed by atoms with Crippen LogP contribution < -0.4 is 10.1 Å². The first-order chi connectivity index (χ1) is 10.2. The number of hydrogen-bond donors (Lipinski definition) is 1. The van der Waals surface area contributed by atoms with Crippen molar-refractivity contribution in [1.82, 2.24) is 5.32 Å². The molecule has 0 fully saturated rings. The van der Waals surface area contributed by atoms with Crippen molar-refractivity contribution in [2.75, 3.05) is 13.2 Å². The molecule has 1 N–H and O–H groups in total. The first-order valence-electron chi connectivity index (χ1n) is 7.37. The summed E-state index contributed by atoms with van der Waals surface area (Å²) >= 11 is 0. The molecule has 2 aromatic rings. The van der Waals surface area contributed by atoms with E-state index < -0.39 is 0 Å². The largest absolute Gasteiger partial charge is 0.494 e. The van der Waals surface area contributed by atoms with E-state index in [1.54, 1.807) is 6.07 Å². The second-order valence-corrected chi connectivity index (χ2v) is 5.00. The van der Waals surface area contributed by atoms with Crippen LogP contribution in [0.5, 0.6) is 5.75 Å². The van der Waals surface area contributed by atoms with Crippen molar-refractivity contribution in [3.63, 3.8) is 0 Å². The Kier molecular flexibility index (Phi) is 5.34. The SMILES string of the molecule is CCNC(c1cccc(OCC)c1)c1ccc(F)cc1C. The lowest BCUT2D eigenvalue weighted by molar-refractivity contribution is 0.339. The number of nitrogens with one attached hydrogen (secondary N) is 1. The molecule has 2 rings (SSSR count). The normalized spacial score (nSPS) is 12.2. The minimum atomic E-state index is -0.199. The second kappa shape index (κ2) is 7.23. The van der Waals surface area contributed by atoms with Gasteiger partial charge in [-0.2, -0.15) is 0 Å². The molecule has 0 aliphatic heterocycles. The van der Waals surface area contributed by atoms with E-state index in [4.69, 9.17) is 4.74 Å². The third-order valence-corrected chi connectivity index (χ3v) is 3.45. The van der Waals surface area contributed by atoms with E-state index in [1.165, 1.54) is 6.07 Å². The van der Waals surface area contributed by atoms with Gasteiger partial charge in [0.2, 0.25) is 0 Å². The summed E-state index contributed by atoms with van der Waals surface area (Å²) in [5, 5.41) is 3.47. The Morgan fingerprint density at radius 2 is 1.95 bits per heavy atom. The molecule has 3 heteroatoms. The molecule has 2 aromatic carbocycles. The smallest absolute Gasteiger partial charge is 0.123 e. The molecule has 2 nitrogen and oxygen atoms in total. The van der Waals surface area contributed by atoms with E-state index in [0.29, 0.717) is 6.61 Å². The van der Waals surface area contributed by atoms with Gasteiger partial charge in [0, 0.05) is 0 Å². The Balaban J connectivity index is 2.40. The highest BCUT2D eigenvalue weighted by atomic mass is 19.1. The summed E-state index contributed by atoms with van der Waals surface area (Å²) in [7, 11) is 0. The Bertz CT molecular complexity index is 598. The predicted octanol–water partition coefficient (Wildman–Crippen LogP) is 4.23. The Hall–Kier alpha value is -1.87. The van der Waals surface area contributed by atoms with Crippen molar-refractivity contribution < 1.29 is 9.13 Å². The Labute approximate surface area is 126 Å². The highest BCUT2D eigenvalue weighted by Crippen LogP contribution is 2.27. The number of halogens is 1. The molecule has 0 saturated heterocycles. The van der Waals surface area contributed by atoms with Crippen LogP contribution in [0.2, 0.25) is 0 Å². The van der Waals surface area contributed by atoms with E-state index in [-0.39, 0.29) is 11.9 Å². The number of hydrogen-bond acceptors (Lipinski definition) is 2. The van der Waals surface area contributed by atoms with Crippen molar-refractivity contribution in [2.24, 2.45) is 0 Å². The molecule has 112 valence electrons. The fourth-order valence-electron chi connectivity index (χ4n) is 2.53. The molecular weight excluding hydrogens is 265 g/mol. The summed E-state index contributed by atoms with van der Waals surface area (Å²) in [5.41, 5.74) is 3.16. The first-order valence-corrected chi connectivity index (χ1v) is 7.37. The van der Waals surface area contributed by atoms with Crippen LogP contribution >= 0.6 is 0 Å². The Morgan fingerprint density at radius 1 is 1.14 bits per heavy atom. The van der Waals surface area contributed by atoms with Gasteiger partial charge in [-0.1, -0.05) is 25.1 Å². The zero-order chi connectivity index (χ0) is 15.2. The quantitative estimate of drug-likeness (QED) is 0.858. The van der Waals surface area contributed by atoms with Crippen LogP contribution in [0.25, 0.3) is 0 Å². The van der Waals surface area contributed by atoms with E-state index >= 15 is 0 Å². The number of ether oxygens (including phenoxy) is 1. The molecule has 1 unspecified atom stereocenters. The van der Waals surface area contributed by atoms with Gasteiger partial charge in [0.05, 0.1) is 12.6 Å². The third kappa shape index (κ3) is 3.82. The van der Waals surface area contributed by atoms with Gasteiger partial charge in [-0.05, 0) is 61.3 Å². The van der Waals surface area contributed by atoms with Crippen molar-refractivity contribution in [2.45, 2.75) is 26.8 Å². The fraction of sp³-hybridized carbons (Fsp3) is 0.333. The van der Waals surface area contributed by atoms with E-state index in [1.807, 2.05) is 38.1 Å². The van der Waals surface area contributed by atoms with Crippen molar-refractivity contribution in [3.05, 3.63) is 65.0 Å². The van der Waals surface area contributed by atoms with Crippen LogP contribution in [-0.4, -0.2) is 13.2 Å². The van der Waals surface area contributed by atoms with E-state index in [9.17, 15) is 4.39 Å².